The lowest BCUT2D eigenvalue weighted by molar-refractivity contribution is 0.968. The van der Waals surface area contributed by atoms with Gasteiger partial charge in [0.1, 0.15) is 5.82 Å². The van der Waals surface area contributed by atoms with Gasteiger partial charge < -0.3 is 9.13 Å². The molecule has 4 aromatic heterocycles. The van der Waals surface area contributed by atoms with Crippen LogP contribution in [0.15, 0.2) is 182 Å². The number of benzene rings is 7. The molecule has 0 fully saturated rings. The maximum absolute atomic E-state index is 5.22. The first-order valence-electron chi connectivity index (χ1n) is 19.7. The van der Waals surface area contributed by atoms with Crippen molar-refractivity contribution in [1.82, 2.24) is 23.7 Å². The number of nitrogens with zero attached hydrogens (tertiary/aromatic N) is 5. The highest BCUT2D eigenvalue weighted by Crippen LogP contribution is 2.43. The zero-order valence-electron chi connectivity index (χ0n) is 31.0. The molecule has 1 aliphatic carbocycles. The van der Waals surface area contributed by atoms with E-state index in [0.29, 0.717) is 5.82 Å². The van der Waals surface area contributed by atoms with Crippen molar-refractivity contribution in [2.24, 2.45) is 0 Å². The van der Waals surface area contributed by atoms with E-state index in [1.165, 1.54) is 60.4 Å². The molecule has 1 aliphatic rings. The van der Waals surface area contributed by atoms with Gasteiger partial charge in [0.2, 0.25) is 0 Å². The Bertz CT molecular complexity index is 3330. The second kappa shape index (κ2) is 12.5. The van der Waals surface area contributed by atoms with Gasteiger partial charge in [0.15, 0.2) is 5.82 Å². The Labute approximate surface area is 329 Å². The zero-order valence-corrected chi connectivity index (χ0v) is 31.0. The standard InChI is InChI=1S/C52H35N5/c1-3-15-35(16-4-1)52-53-43(33-49(54-52)57-45-24-12-7-19-38(45)39-20-8-13-25-46(39)57)34-27-29-37(30-28-34)55-47-26-14-10-22-42(47)50-48(55)32-31-41-40-21-9-11-23-44(40)56(51(41)50)36-17-5-2-6-18-36/h1-8,10-20,22-33H,9,21H2. The lowest BCUT2D eigenvalue weighted by Gasteiger charge is -2.13. The van der Waals surface area contributed by atoms with E-state index in [0.717, 1.165) is 52.2 Å². The van der Waals surface area contributed by atoms with Gasteiger partial charge >= 0.3 is 0 Å². The summed E-state index contributed by atoms with van der Waals surface area (Å²) in [6.45, 7) is 0. The van der Waals surface area contributed by atoms with E-state index in [-0.39, 0.29) is 0 Å². The number of fused-ring (bicyclic) bond motifs is 10. The van der Waals surface area contributed by atoms with Gasteiger partial charge in [-0.1, -0.05) is 127 Å². The van der Waals surface area contributed by atoms with Crippen molar-refractivity contribution in [1.29, 1.82) is 0 Å². The summed E-state index contributed by atoms with van der Waals surface area (Å²) in [7, 11) is 0. The molecule has 0 spiro atoms. The van der Waals surface area contributed by atoms with Crippen molar-refractivity contribution in [3.63, 3.8) is 0 Å². The quantitative estimate of drug-likeness (QED) is 0.177. The van der Waals surface area contributed by atoms with Crippen LogP contribution in [0.3, 0.4) is 0 Å². The van der Waals surface area contributed by atoms with E-state index >= 15 is 0 Å². The second-order valence-electron chi connectivity index (χ2n) is 14.9. The SMILES string of the molecule is C1=Cc2c(c3ccc4c(c5ccccc5n4-c4ccc(-c5cc(-n6c7ccccc7c7ccccc76)nc(-c6ccccc6)n5)cc4)c3n2-c2ccccc2)CC1. The highest BCUT2D eigenvalue weighted by atomic mass is 15.1. The number of aryl methyl sites for hydroxylation is 1. The third kappa shape index (κ3) is 4.82. The van der Waals surface area contributed by atoms with Crippen LogP contribution < -0.4 is 0 Å². The molecule has 11 aromatic rings. The first kappa shape index (κ1) is 31.8. The molecule has 12 rings (SSSR count). The summed E-state index contributed by atoms with van der Waals surface area (Å²) in [6, 6.07) is 62.8. The highest BCUT2D eigenvalue weighted by Gasteiger charge is 2.24. The number of hydrogen-bond donors (Lipinski definition) is 0. The molecule has 0 saturated carbocycles. The molecule has 5 nitrogen and oxygen atoms in total. The van der Waals surface area contributed by atoms with Gasteiger partial charge in [-0.05, 0) is 73.0 Å². The Hall–Kier alpha value is -7.50. The van der Waals surface area contributed by atoms with E-state index < -0.39 is 0 Å². The summed E-state index contributed by atoms with van der Waals surface area (Å²) < 4.78 is 7.18. The molecule has 0 unspecified atom stereocenters. The highest BCUT2D eigenvalue weighted by molar-refractivity contribution is 6.22. The molecule has 0 bridgehead atoms. The van der Waals surface area contributed by atoms with Gasteiger partial charge in [0.25, 0.3) is 0 Å². The van der Waals surface area contributed by atoms with Gasteiger partial charge in [-0.3, -0.25) is 4.57 Å². The van der Waals surface area contributed by atoms with Crippen LogP contribution in [0.25, 0.3) is 100 Å². The molecule has 57 heavy (non-hydrogen) atoms. The Morgan fingerprint density at radius 2 is 1.05 bits per heavy atom. The largest absolute Gasteiger partial charge is 0.309 e. The molecule has 5 heteroatoms. The fourth-order valence-corrected chi connectivity index (χ4v) is 9.26. The van der Waals surface area contributed by atoms with Crippen molar-refractivity contribution >= 4 is 60.6 Å². The van der Waals surface area contributed by atoms with Crippen LogP contribution in [0, 0.1) is 0 Å². The van der Waals surface area contributed by atoms with E-state index in [9.17, 15) is 0 Å². The molecule has 0 atom stereocenters. The number of aromatic nitrogens is 5. The first-order chi connectivity index (χ1) is 28.3. The van der Waals surface area contributed by atoms with Crippen LogP contribution in [0.1, 0.15) is 17.7 Å². The minimum atomic E-state index is 0.694. The molecule has 0 aliphatic heterocycles. The van der Waals surface area contributed by atoms with Gasteiger partial charge in [0, 0.05) is 61.2 Å². The predicted molar refractivity (Wildman–Crippen MR) is 236 cm³/mol. The Balaban J connectivity index is 1.06. The number of rotatable bonds is 5. The molecule has 0 amide bonds. The Kier molecular flexibility index (Phi) is 6.99. The fraction of sp³-hybridized carbons (Fsp3) is 0.0385. The van der Waals surface area contributed by atoms with E-state index in [4.69, 9.17) is 9.97 Å². The number of para-hydroxylation sites is 4. The predicted octanol–water partition coefficient (Wildman–Crippen LogP) is 12.9. The molecular weight excluding hydrogens is 695 g/mol. The molecule has 0 saturated heterocycles. The number of hydrogen-bond acceptors (Lipinski definition) is 2. The average molecular weight is 730 g/mol. The fourth-order valence-electron chi connectivity index (χ4n) is 9.26. The summed E-state index contributed by atoms with van der Waals surface area (Å²) >= 11 is 0. The van der Waals surface area contributed by atoms with Crippen molar-refractivity contribution in [2.45, 2.75) is 12.8 Å². The maximum atomic E-state index is 5.22. The zero-order chi connectivity index (χ0) is 37.5. The summed E-state index contributed by atoms with van der Waals surface area (Å²) in [5, 5.41) is 6.27. The van der Waals surface area contributed by atoms with Crippen LogP contribution in [-0.2, 0) is 6.42 Å². The average Bonchev–Trinajstić information content (AvgIpc) is 3.93. The molecule has 7 aromatic carbocycles. The molecule has 0 N–H and O–H groups in total. The summed E-state index contributed by atoms with van der Waals surface area (Å²) in [5.74, 6) is 1.53. The monoisotopic (exact) mass is 729 g/mol. The molecule has 268 valence electrons. The normalized spacial score (nSPS) is 12.7. The van der Waals surface area contributed by atoms with Crippen LogP contribution in [0.2, 0.25) is 0 Å². The van der Waals surface area contributed by atoms with Crippen molar-refractivity contribution < 1.29 is 0 Å². The summed E-state index contributed by atoms with van der Waals surface area (Å²) in [6.07, 6.45) is 6.74. The van der Waals surface area contributed by atoms with Crippen LogP contribution in [0.5, 0.6) is 0 Å². The molecule has 0 radical (unpaired) electrons. The van der Waals surface area contributed by atoms with Gasteiger partial charge in [-0.2, -0.15) is 0 Å². The minimum absolute atomic E-state index is 0.694. The molecular formula is C52H35N5. The second-order valence-corrected chi connectivity index (χ2v) is 14.9. The first-order valence-corrected chi connectivity index (χ1v) is 19.7. The van der Waals surface area contributed by atoms with Crippen LogP contribution in [0.4, 0.5) is 0 Å². The van der Waals surface area contributed by atoms with Gasteiger partial charge in [0.05, 0.1) is 33.3 Å². The minimum Gasteiger partial charge on any atom is -0.309 e. The number of allylic oxidation sites excluding steroid dienone is 1. The topological polar surface area (TPSA) is 40.6 Å². The molecule has 4 heterocycles. The summed E-state index contributed by atoms with van der Waals surface area (Å²) in [5.41, 5.74) is 13.8. The van der Waals surface area contributed by atoms with Crippen molar-refractivity contribution in [3.05, 3.63) is 193 Å². The maximum Gasteiger partial charge on any atom is 0.162 e. The lowest BCUT2D eigenvalue weighted by Crippen LogP contribution is -2.02. The van der Waals surface area contributed by atoms with Gasteiger partial charge in [-0.25, -0.2) is 9.97 Å². The van der Waals surface area contributed by atoms with Crippen molar-refractivity contribution in [3.8, 4) is 39.8 Å². The lowest BCUT2D eigenvalue weighted by atomic mass is 10.00. The van der Waals surface area contributed by atoms with Crippen LogP contribution >= 0.6 is 0 Å². The van der Waals surface area contributed by atoms with E-state index in [1.807, 2.05) is 18.2 Å². The smallest absolute Gasteiger partial charge is 0.162 e. The Morgan fingerprint density at radius 3 is 1.77 bits per heavy atom. The van der Waals surface area contributed by atoms with Gasteiger partial charge in [-0.15, -0.1) is 0 Å². The third-order valence-electron chi connectivity index (χ3n) is 11.7. The van der Waals surface area contributed by atoms with Crippen LogP contribution in [-0.4, -0.2) is 23.7 Å². The van der Waals surface area contributed by atoms with E-state index in [2.05, 4.69) is 184 Å². The third-order valence-corrected chi connectivity index (χ3v) is 11.7. The summed E-state index contributed by atoms with van der Waals surface area (Å²) in [4.78, 5) is 10.4. The van der Waals surface area contributed by atoms with E-state index in [1.54, 1.807) is 0 Å². The Morgan fingerprint density at radius 1 is 0.439 bits per heavy atom. The van der Waals surface area contributed by atoms with Crippen molar-refractivity contribution in [2.75, 3.05) is 0 Å².